The van der Waals surface area contributed by atoms with Crippen LogP contribution < -0.4 is 5.73 Å². The molecule has 0 amide bonds. The lowest BCUT2D eigenvalue weighted by Crippen LogP contribution is -2.50. The van der Waals surface area contributed by atoms with E-state index in [2.05, 4.69) is 11.8 Å². The fourth-order valence-electron chi connectivity index (χ4n) is 3.12. The number of rotatable bonds is 3. The zero-order valence-corrected chi connectivity index (χ0v) is 10.7. The van der Waals surface area contributed by atoms with Gasteiger partial charge in [0.25, 0.3) is 0 Å². The molecular weight excluding hydrogens is 216 g/mol. The zero-order chi connectivity index (χ0) is 12.5. The summed E-state index contributed by atoms with van der Waals surface area (Å²) in [7, 11) is 0. The minimum atomic E-state index is -0.998. The molecule has 1 unspecified atom stereocenters. The largest absolute Gasteiger partial charge is 0.480 e. The molecule has 0 aromatic heterocycles. The molecule has 0 aromatic carbocycles. The van der Waals surface area contributed by atoms with E-state index < -0.39 is 11.5 Å². The maximum Gasteiger partial charge on any atom is 0.325 e. The van der Waals surface area contributed by atoms with Gasteiger partial charge in [-0.3, -0.25) is 4.79 Å². The lowest BCUT2D eigenvalue weighted by atomic mass is 9.83. The summed E-state index contributed by atoms with van der Waals surface area (Å²) in [6, 6.07) is 0. The van der Waals surface area contributed by atoms with Gasteiger partial charge in [0, 0.05) is 19.6 Å². The highest BCUT2D eigenvalue weighted by atomic mass is 16.4. The number of carboxylic acid groups (broad SMARTS) is 1. The monoisotopic (exact) mass is 240 g/mol. The molecule has 1 aliphatic heterocycles. The van der Waals surface area contributed by atoms with Crippen LogP contribution in [0.3, 0.4) is 0 Å². The van der Waals surface area contributed by atoms with Crippen LogP contribution in [0, 0.1) is 11.8 Å². The molecule has 4 heteroatoms. The standard InChI is InChI=1S/C13H24N2O2/c1-10-2-4-11(5-3-10)8-15-7-6-13(14,9-15)12(16)17/h10-11H,2-9,14H2,1H3,(H,16,17). The van der Waals surface area contributed by atoms with Crippen LogP contribution in [-0.2, 0) is 4.79 Å². The van der Waals surface area contributed by atoms with E-state index in [9.17, 15) is 4.79 Å². The summed E-state index contributed by atoms with van der Waals surface area (Å²) < 4.78 is 0. The third-order valence-corrected chi connectivity index (χ3v) is 4.46. The lowest BCUT2D eigenvalue weighted by molar-refractivity contribution is -0.142. The Hall–Kier alpha value is -0.610. The SMILES string of the molecule is CC1CCC(CN2CCC(N)(C(=O)O)C2)CC1. The predicted molar refractivity (Wildman–Crippen MR) is 66.7 cm³/mol. The van der Waals surface area contributed by atoms with Crippen LogP contribution in [0.1, 0.15) is 39.0 Å². The first-order valence-corrected chi connectivity index (χ1v) is 6.74. The van der Waals surface area contributed by atoms with Crippen molar-refractivity contribution in [2.24, 2.45) is 17.6 Å². The van der Waals surface area contributed by atoms with Crippen molar-refractivity contribution in [3.05, 3.63) is 0 Å². The molecule has 17 heavy (non-hydrogen) atoms. The number of nitrogens with two attached hydrogens (primary N) is 1. The molecule has 0 spiro atoms. The highest BCUT2D eigenvalue weighted by Crippen LogP contribution is 2.30. The first kappa shape index (κ1) is 12.8. The average Bonchev–Trinajstić information content (AvgIpc) is 2.65. The molecule has 1 saturated heterocycles. The Kier molecular flexibility index (Phi) is 3.73. The van der Waals surface area contributed by atoms with Gasteiger partial charge in [-0.05, 0) is 31.1 Å². The summed E-state index contributed by atoms with van der Waals surface area (Å²) >= 11 is 0. The number of nitrogens with zero attached hydrogens (tertiary/aromatic N) is 1. The van der Waals surface area contributed by atoms with Crippen molar-refractivity contribution in [3.8, 4) is 0 Å². The number of hydrogen-bond acceptors (Lipinski definition) is 3. The molecule has 1 aliphatic carbocycles. The summed E-state index contributed by atoms with van der Waals surface area (Å²) in [6.45, 7) is 4.73. The Morgan fingerprint density at radius 2 is 2.06 bits per heavy atom. The van der Waals surface area contributed by atoms with Gasteiger partial charge in [-0.1, -0.05) is 19.8 Å². The molecule has 0 radical (unpaired) electrons. The van der Waals surface area contributed by atoms with Gasteiger partial charge in [0.1, 0.15) is 5.54 Å². The second-order valence-corrected chi connectivity index (χ2v) is 6.07. The molecule has 2 aliphatic rings. The molecule has 1 heterocycles. The van der Waals surface area contributed by atoms with E-state index in [1.165, 1.54) is 25.7 Å². The third kappa shape index (κ3) is 2.99. The van der Waals surface area contributed by atoms with Crippen molar-refractivity contribution in [2.75, 3.05) is 19.6 Å². The molecule has 0 bridgehead atoms. The van der Waals surface area contributed by atoms with Gasteiger partial charge in [0.05, 0.1) is 0 Å². The van der Waals surface area contributed by atoms with Crippen LogP contribution in [0.2, 0.25) is 0 Å². The second-order valence-electron chi connectivity index (χ2n) is 6.07. The fourth-order valence-corrected chi connectivity index (χ4v) is 3.12. The van der Waals surface area contributed by atoms with E-state index in [0.717, 1.165) is 24.9 Å². The third-order valence-electron chi connectivity index (χ3n) is 4.46. The molecular formula is C13H24N2O2. The van der Waals surface area contributed by atoms with Crippen molar-refractivity contribution >= 4 is 5.97 Å². The van der Waals surface area contributed by atoms with Crippen molar-refractivity contribution < 1.29 is 9.90 Å². The van der Waals surface area contributed by atoms with Crippen LogP contribution in [0.25, 0.3) is 0 Å². The summed E-state index contributed by atoms with van der Waals surface area (Å²) in [5.41, 5.74) is 4.88. The summed E-state index contributed by atoms with van der Waals surface area (Å²) in [5.74, 6) is 0.775. The number of likely N-dealkylation sites (tertiary alicyclic amines) is 1. The minimum Gasteiger partial charge on any atom is -0.480 e. The lowest BCUT2D eigenvalue weighted by Gasteiger charge is -2.30. The van der Waals surface area contributed by atoms with Crippen LogP contribution in [-0.4, -0.2) is 41.1 Å². The van der Waals surface area contributed by atoms with Crippen LogP contribution in [0.5, 0.6) is 0 Å². The zero-order valence-electron chi connectivity index (χ0n) is 10.7. The molecule has 0 aromatic rings. The molecule has 98 valence electrons. The summed E-state index contributed by atoms with van der Waals surface area (Å²) in [4.78, 5) is 13.3. The Balaban J connectivity index is 1.80. The fraction of sp³-hybridized carbons (Fsp3) is 0.923. The van der Waals surface area contributed by atoms with Crippen LogP contribution in [0.15, 0.2) is 0 Å². The van der Waals surface area contributed by atoms with Gasteiger partial charge in [0.15, 0.2) is 0 Å². The maximum atomic E-state index is 11.1. The second kappa shape index (κ2) is 4.94. The van der Waals surface area contributed by atoms with Gasteiger partial charge in [0.2, 0.25) is 0 Å². The molecule has 3 N–H and O–H groups in total. The Morgan fingerprint density at radius 1 is 1.41 bits per heavy atom. The van der Waals surface area contributed by atoms with E-state index in [1.807, 2.05) is 0 Å². The molecule has 4 nitrogen and oxygen atoms in total. The Morgan fingerprint density at radius 3 is 2.59 bits per heavy atom. The van der Waals surface area contributed by atoms with Crippen molar-refractivity contribution in [2.45, 2.75) is 44.6 Å². The Labute approximate surface area is 103 Å². The number of carboxylic acids is 1. The van der Waals surface area contributed by atoms with E-state index in [0.29, 0.717) is 13.0 Å². The Bertz CT molecular complexity index is 287. The number of carbonyl (C=O) groups is 1. The van der Waals surface area contributed by atoms with Gasteiger partial charge in [-0.15, -0.1) is 0 Å². The minimum absolute atomic E-state index is 0.522. The topological polar surface area (TPSA) is 66.6 Å². The predicted octanol–water partition coefficient (Wildman–Crippen LogP) is 1.30. The number of aliphatic carboxylic acids is 1. The summed E-state index contributed by atoms with van der Waals surface area (Å²) in [5, 5.41) is 9.08. The highest BCUT2D eigenvalue weighted by molar-refractivity contribution is 5.79. The van der Waals surface area contributed by atoms with E-state index >= 15 is 0 Å². The van der Waals surface area contributed by atoms with E-state index in [1.54, 1.807) is 0 Å². The van der Waals surface area contributed by atoms with Gasteiger partial charge in [-0.2, -0.15) is 0 Å². The molecule has 1 atom stereocenters. The summed E-state index contributed by atoms with van der Waals surface area (Å²) in [6.07, 6.45) is 5.83. The van der Waals surface area contributed by atoms with Crippen molar-refractivity contribution in [3.63, 3.8) is 0 Å². The maximum absolute atomic E-state index is 11.1. The van der Waals surface area contributed by atoms with E-state index in [4.69, 9.17) is 10.8 Å². The number of hydrogen-bond donors (Lipinski definition) is 2. The van der Waals surface area contributed by atoms with Gasteiger partial charge < -0.3 is 15.7 Å². The van der Waals surface area contributed by atoms with Crippen molar-refractivity contribution in [1.29, 1.82) is 0 Å². The highest BCUT2D eigenvalue weighted by Gasteiger charge is 2.41. The smallest absolute Gasteiger partial charge is 0.325 e. The average molecular weight is 240 g/mol. The molecule has 1 saturated carbocycles. The molecule has 2 fully saturated rings. The first-order chi connectivity index (χ1) is 7.99. The van der Waals surface area contributed by atoms with Crippen LogP contribution in [0.4, 0.5) is 0 Å². The van der Waals surface area contributed by atoms with Crippen molar-refractivity contribution in [1.82, 2.24) is 4.90 Å². The quantitative estimate of drug-likeness (QED) is 0.780. The van der Waals surface area contributed by atoms with E-state index in [-0.39, 0.29) is 0 Å². The normalized spacial score (nSPS) is 39.4. The molecule has 2 rings (SSSR count). The van der Waals surface area contributed by atoms with Gasteiger partial charge >= 0.3 is 5.97 Å². The van der Waals surface area contributed by atoms with Gasteiger partial charge in [-0.25, -0.2) is 0 Å². The van der Waals surface area contributed by atoms with Crippen LogP contribution >= 0.6 is 0 Å². The first-order valence-electron chi connectivity index (χ1n) is 6.74.